The summed E-state index contributed by atoms with van der Waals surface area (Å²) in [6.07, 6.45) is 4.66. The standard InChI is InChI=1S/C22H22N2O5/c1-3-13-29-17-6-4-15(5-7-17)19-18(20(25)16-8-10-23-11-9-16)21(26)22(27)24(19)12-14-28-2/h3-11,19,25H,1,12-14H2,2H3/b20-18+. The number of nitrogens with zero attached hydrogens (tertiary/aromatic N) is 2. The van der Waals surface area contributed by atoms with Gasteiger partial charge in [-0.2, -0.15) is 0 Å². The lowest BCUT2D eigenvalue weighted by molar-refractivity contribution is -0.140. The number of hydrogen-bond donors (Lipinski definition) is 1. The van der Waals surface area contributed by atoms with Crippen LogP contribution in [0, 0.1) is 0 Å². The second-order valence-corrected chi connectivity index (χ2v) is 6.39. The number of pyridine rings is 1. The van der Waals surface area contributed by atoms with Crippen molar-refractivity contribution in [3.8, 4) is 5.75 Å². The monoisotopic (exact) mass is 394 g/mol. The highest BCUT2D eigenvalue weighted by molar-refractivity contribution is 6.46. The van der Waals surface area contributed by atoms with Crippen molar-refractivity contribution in [2.24, 2.45) is 0 Å². The van der Waals surface area contributed by atoms with Crippen LogP contribution in [-0.4, -0.2) is 53.5 Å². The van der Waals surface area contributed by atoms with Crippen molar-refractivity contribution in [2.75, 3.05) is 26.9 Å². The third-order valence-electron chi connectivity index (χ3n) is 4.59. The Labute approximate surface area is 168 Å². The first-order valence-corrected chi connectivity index (χ1v) is 9.10. The number of ether oxygens (including phenoxy) is 2. The summed E-state index contributed by atoms with van der Waals surface area (Å²) in [5, 5.41) is 10.8. The van der Waals surface area contributed by atoms with Crippen LogP contribution in [0.2, 0.25) is 0 Å². The smallest absolute Gasteiger partial charge is 0.295 e. The Hall–Kier alpha value is -3.45. The molecule has 7 heteroatoms. The molecule has 2 aromatic rings. The molecule has 0 saturated carbocycles. The maximum Gasteiger partial charge on any atom is 0.295 e. The van der Waals surface area contributed by atoms with Crippen LogP contribution in [0.3, 0.4) is 0 Å². The molecular formula is C22H22N2O5. The Kier molecular flexibility index (Phi) is 6.41. The molecule has 1 aliphatic heterocycles. The van der Waals surface area contributed by atoms with Gasteiger partial charge in [0, 0.05) is 31.6 Å². The Morgan fingerprint density at radius 2 is 1.90 bits per heavy atom. The quantitative estimate of drug-likeness (QED) is 0.321. The number of amides is 1. The molecule has 0 radical (unpaired) electrons. The number of hydrogen-bond acceptors (Lipinski definition) is 6. The van der Waals surface area contributed by atoms with Gasteiger partial charge in [0.1, 0.15) is 18.1 Å². The van der Waals surface area contributed by atoms with E-state index < -0.39 is 17.7 Å². The predicted molar refractivity (Wildman–Crippen MR) is 107 cm³/mol. The molecule has 1 aromatic carbocycles. The molecular weight excluding hydrogens is 372 g/mol. The number of carbonyl (C=O) groups is 2. The number of likely N-dealkylation sites (tertiary alicyclic amines) is 1. The van der Waals surface area contributed by atoms with Crippen LogP contribution >= 0.6 is 0 Å². The van der Waals surface area contributed by atoms with Gasteiger partial charge in [0.2, 0.25) is 0 Å². The van der Waals surface area contributed by atoms with Crippen molar-refractivity contribution in [3.63, 3.8) is 0 Å². The molecule has 1 amide bonds. The number of methoxy groups -OCH3 is 1. The molecule has 29 heavy (non-hydrogen) atoms. The van der Waals surface area contributed by atoms with Crippen LogP contribution in [0.1, 0.15) is 17.2 Å². The molecule has 150 valence electrons. The zero-order chi connectivity index (χ0) is 20.8. The third kappa shape index (κ3) is 4.20. The lowest BCUT2D eigenvalue weighted by Crippen LogP contribution is -2.32. The fourth-order valence-electron chi connectivity index (χ4n) is 3.21. The van der Waals surface area contributed by atoms with Gasteiger partial charge in [-0.3, -0.25) is 14.6 Å². The van der Waals surface area contributed by atoms with Crippen molar-refractivity contribution in [2.45, 2.75) is 6.04 Å². The van der Waals surface area contributed by atoms with Gasteiger partial charge in [-0.15, -0.1) is 0 Å². The van der Waals surface area contributed by atoms with Gasteiger partial charge in [-0.25, -0.2) is 0 Å². The number of carbonyl (C=O) groups excluding carboxylic acids is 2. The Morgan fingerprint density at radius 1 is 1.21 bits per heavy atom. The van der Waals surface area contributed by atoms with E-state index in [0.29, 0.717) is 23.5 Å². The molecule has 1 saturated heterocycles. The summed E-state index contributed by atoms with van der Waals surface area (Å²) in [4.78, 5) is 30.8. The second kappa shape index (κ2) is 9.16. The summed E-state index contributed by atoms with van der Waals surface area (Å²) in [5.41, 5.74) is 1.14. The van der Waals surface area contributed by atoms with Gasteiger partial charge in [0.25, 0.3) is 11.7 Å². The first-order chi connectivity index (χ1) is 14.1. The summed E-state index contributed by atoms with van der Waals surface area (Å²) in [7, 11) is 1.52. The number of ketones is 1. The molecule has 1 unspecified atom stereocenters. The number of aliphatic hydroxyl groups excluding tert-OH is 1. The molecule has 0 spiro atoms. The molecule has 1 atom stereocenters. The number of aromatic nitrogens is 1. The maximum atomic E-state index is 12.8. The molecule has 1 aliphatic rings. The second-order valence-electron chi connectivity index (χ2n) is 6.39. The van der Waals surface area contributed by atoms with E-state index in [9.17, 15) is 14.7 Å². The van der Waals surface area contributed by atoms with E-state index in [1.165, 1.54) is 24.4 Å². The Morgan fingerprint density at radius 3 is 2.52 bits per heavy atom. The van der Waals surface area contributed by atoms with Crippen LogP contribution in [0.5, 0.6) is 5.75 Å². The van der Waals surface area contributed by atoms with E-state index in [-0.39, 0.29) is 24.5 Å². The highest BCUT2D eigenvalue weighted by Crippen LogP contribution is 2.39. The van der Waals surface area contributed by atoms with E-state index in [4.69, 9.17) is 9.47 Å². The number of benzene rings is 1. The number of Topliss-reactive ketones (excluding diaryl/α,β-unsaturated/α-hetero) is 1. The highest BCUT2D eigenvalue weighted by Gasteiger charge is 2.45. The first-order valence-electron chi connectivity index (χ1n) is 9.10. The van der Waals surface area contributed by atoms with E-state index in [0.717, 1.165) is 0 Å². The van der Waals surface area contributed by atoms with Crippen LogP contribution in [-0.2, 0) is 14.3 Å². The number of aliphatic hydroxyl groups is 1. The maximum absolute atomic E-state index is 12.8. The zero-order valence-electron chi connectivity index (χ0n) is 16.1. The molecule has 3 rings (SSSR count). The normalized spacial score (nSPS) is 18.1. The van der Waals surface area contributed by atoms with E-state index in [1.807, 2.05) is 0 Å². The minimum Gasteiger partial charge on any atom is -0.507 e. The average Bonchev–Trinajstić information content (AvgIpc) is 3.01. The van der Waals surface area contributed by atoms with Crippen molar-refractivity contribution < 1.29 is 24.2 Å². The Bertz CT molecular complexity index is 922. The molecule has 1 fully saturated rings. The van der Waals surface area contributed by atoms with Gasteiger partial charge in [-0.05, 0) is 29.8 Å². The number of rotatable bonds is 8. The van der Waals surface area contributed by atoms with Crippen molar-refractivity contribution in [1.82, 2.24) is 9.88 Å². The summed E-state index contributed by atoms with van der Waals surface area (Å²) >= 11 is 0. The summed E-state index contributed by atoms with van der Waals surface area (Å²) in [5.74, 6) is -0.999. The molecule has 2 heterocycles. The molecule has 7 nitrogen and oxygen atoms in total. The first kappa shape index (κ1) is 20.3. The van der Waals surface area contributed by atoms with Crippen LogP contribution in [0.15, 0.2) is 67.0 Å². The minimum absolute atomic E-state index is 0.0389. The summed E-state index contributed by atoms with van der Waals surface area (Å²) in [6.45, 7) is 4.46. The van der Waals surface area contributed by atoms with Gasteiger partial charge in [0.15, 0.2) is 0 Å². The fraction of sp³-hybridized carbons (Fsp3) is 0.227. The predicted octanol–water partition coefficient (Wildman–Crippen LogP) is 2.71. The van der Waals surface area contributed by atoms with E-state index >= 15 is 0 Å². The topological polar surface area (TPSA) is 89.0 Å². The highest BCUT2D eigenvalue weighted by atomic mass is 16.5. The Balaban J connectivity index is 2.06. The van der Waals surface area contributed by atoms with Crippen molar-refractivity contribution in [3.05, 3.63) is 78.1 Å². The average molecular weight is 394 g/mol. The van der Waals surface area contributed by atoms with Gasteiger partial charge >= 0.3 is 0 Å². The van der Waals surface area contributed by atoms with Crippen LogP contribution < -0.4 is 4.74 Å². The van der Waals surface area contributed by atoms with Gasteiger partial charge < -0.3 is 19.5 Å². The van der Waals surface area contributed by atoms with E-state index in [2.05, 4.69) is 11.6 Å². The van der Waals surface area contributed by atoms with Crippen molar-refractivity contribution >= 4 is 17.4 Å². The lowest BCUT2D eigenvalue weighted by Gasteiger charge is -2.25. The molecule has 0 aliphatic carbocycles. The molecule has 0 bridgehead atoms. The van der Waals surface area contributed by atoms with Crippen LogP contribution in [0.4, 0.5) is 0 Å². The summed E-state index contributed by atoms with van der Waals surface area (Å²) in [6, 6.07) is 9.49. The van der Waals surface area contributed by atoms with E-state index in [1.54, 1.807) is 42.5 Å². The lowest BCUT2D eigenvalue weighted by atomic mass is 9.95. The SMILES string of the molecule is C=CCOc1ccc(C2/C(=C(\O)c3ccncc3)C(=O)C(=O)N2CCOC)cc1. The molecule has 1 aromatic heterocycles. The van der Waals surface area contributed by atoms with Crippen molar-refractivity contribution in [1.29, 1.82) is 0 Å². The minimum atomic E-state index is -0.730. The third-order valence-corrected chi connectivity index (χ3v) is 4.59. The van der Waals surface area contributed by atoms with Gasteiger partial charge in [-0.1, -0.05) is 24.8 Å². The van der Waals surface area contributed by atoms with Crippen LogP contribution in [0.25, 0.3) is 5.76 Å². The fourth-order valence-corrected chi connectivity index (χ4v) is 3.21. The summed E-state index contributed by atoms with van der Waals surface area (Å²) < 4.78 is 10.6. The zero-order valence-corrected chi connectivity index (χ0v) is 16.1. The molecule has 1 N–H and O–H groups in total. The largest absolute Gasteiger partial charge is 0.507 e. The van der Waals surface area contributed by atoms with Gasteiger partial charge in [0.05, 0.1) is 18.2 Å².